The molecule has 0 aromatic rings. The first-order chi connectivity index (χ1) is 6.25. The van der Waals surface area contributed by atoms with Gasteiger partial charge < -0.3 is 15.4 Å². The molecule has 0 bridgehead atoms. The molecular weight excluding hydrogens is 168 g/mol. The number of hydrogen-bond acceptors (Lipinski definition) is 3. The zero-order valence-corrected chi connectivity index (χ0v) is 7.90. The van der Waals surface area contributed by atoms with E-state index in [2.05, 4.69) is 6.08 Å². The molecule has 0 radical (unpaired) electrons. The number of amides is 1. The first-order valence-corrected chi connectivity index (χ1v) is 4.44. The van der Waals surface area contributed by atoms with Crippen molar-refractivity contribution in [3.8, 4) is 0 Å². The average Bonchev–Trinajstić information content (AvgIpc) is 2.18. The Morgan fingerprint density at radius 1 is 1.69 bits per heavy atom. The molecule has 13 heavy (non-hydrogen) atoms. The Balaban J connectivity index is 2.41. The van der Waals surface area contributed by atoms with Crippen LogP contribution in [-0.4, -0.2) is 43.7 Å². The number of nitrogens with two attached hydrogens (primary N) is 1. The molecule has 0 aliphatic carbocycles. The number of methoxy groups -OCH3 is 1. The van der Waals surface area contributed by atoms with Crippen molar-refractivity contribution < 1.29 is 9.53 Å². The van der Waals surface area contributed by atoms with E-state index in [9.17, 15) is 4.79 Å². The molecule has 2 N–H and O–H groups in total. The minimum absolute atomic E-state index is 0.0220. The Hall–Kier alpha value is -0.870. The molecule has 4 nitrogen and oxygen atoms in total. The Morgan fingerprint density at radius 3 is 3.00 bits per heavy atom. The maximum absolute atomic E-state index is 11.6. The summed E-state index contributed by atoms with van der Waals surface area (Å²) in [4.78, 5) is 13.3. The number of carbonyl (C=O) groups is 1. The van der Waals surface area contributed by atoms with Gasteiger partial charge in [-0.15, -0.1) is 0 Å². The monoisotopic (exact) mass is 184 g/mol. The maximum atomic E-state index is 11.6. The van der Waals surface area contributed by atoms with E-state index in [1.165, 1.54) is 0 Å². The van der Waals surface area contributed by atoms with E-state index in [1.54, 1.807) is 12.0 Å². The van der Waals surface area contributed by atoms with E-state index >= 15 is 0 Å². The summed E-state index contributed by atoms with van der Waals surface area (Å²) in [6.07, 6.45) is 4.98. The number of rotatable bonds is 3. The minimum atomic E-state index is -0.517. The summed E-state index contributed by atoms with van der Waals surface area (Å²) < 4.78 is 4.83. The predicted octanol–water partition coefficient (Wildman–Crippen LogP) is -0.251. The van der Waals surface area contributed by atoms with E-state index in [0.29, 0.717) is 13.2 Å². The van der Waals surface area contributed by atoms with Gasteiger partial charge in [0.05, 0.1) is 6.61 Å². The van der Waals surface area contributed by atoms with Crippen molar-refractivity contribution >= 4 is 5.91 Å². The molecule has 0 saturated heterocycles. The zero-order chi connectivity index (χ0) is 9.68. The molecule has 1 aliphatic rings. The Kier molecular flexibility index (Phi) is 3.92. The topological polar surface area (TPSA) is 55.6 Å². The van der Waals surface area contributed by atoms with Crippen LogP contribution in [0.15, 0.2) is 12.2 Å². The highest BCUT2D eigenvalue weighted by Gasteiger charge is 2.20. The van der Waals surface area contributed by atoms with Crippen LogP contribution in [0.1, 0.15) is 6.42 Å². The van der Waals surface area contributed by atoms with Gasteiger partial charge in [0.25, 0.3) is 0 Å². The second kappa shape index (κ2) is 4.99. The summed E-state index contributed by atoms with van der Waals surface area (Å²) in [5.41, 5.74) is 5.62. The molecule has 0 spiro atoms. The van der Waals surface area contributed by atoms with E-state index < -0.39 is 6.04 Å². The van der Waals surface area contributed by atoms with E-state index in [-0.39, 0.29) is 5.91 Å². The van der Waals surface area contributed by atoms with Crippen LogP contribution in [0.25, 0.3) is 0 Å². The molecule has 0 saturated carbocycles. The number of carbonyl (C=O) groups excluding carboxylic acids is 1. The fourth-order valence-corrected chi connectivity index (χ4v) is 1.33. The van der Waals surface area contributed by atoms with Crippen LogP contribution in [0.2, 0.25) is 0 Å². The van der Waals surface area contributed by atoms with Gasteiger partial charge in [0, 0.05) is 20.2 Å². The highest BCUT2D eigenvalue weighted by atomic mass is 16.5. The van der Waals surface area contributed by atoms with Crippen LogP contribution in [0, 0.1) is 0 Å². The fraction of sp³-hybridized carbons (Fsp3) is 0.667. The lowest BCUT2D eigenvalue weighted by Gasteiger charge is -2.25. The lowest BCUT2D eigenvalue weighted by atomic mass is 10.2. The molecule has 1 heterocycles. The molecule has 4 heteroatoms. The van der Waals surface area contributed by atoms with Gasteiger partial charge >= 0.3 is 0 Å². The Bertz CT molecular complexity index is 204. The number of nitrogens with zero attached hydrogens (tertiary/aromatic N) is 1. The lowest BCUT2D eigenvalue weighted by molar-refractivity contribution is -0.133. The molecule has 0 aromatic carbocycles. The van der Waals surface area contributed by atoms with Crippen LogP contribution in [-0.2, 0) is 9.53 Å². The molecule has 1 aliphatic heterocycles. The van der Waals surface area contributed by atoms with Crippen molar-refractivity contribution in [1.82, 2.24) is 4.90 Å². The highest BCUT2D eigenvalue weighted by Crippen LogP contribution is 2.02. The van der Waals surface area contributed by atoms with E-state index in [1.807, 2.05) is 6.08 Å². The Labute approximate surface area is 78.3 Å². The normalized spacial score (nSPS) is 18.8. The fourth-order valence-electron chi connectivity index (χ4n) is 1.33. The quantitative estimate of drug-likeness (QED) is 0.615. The van der Waals surface area contributed by atoms with Gasteiger partial charge in [-0.05, 0) is 6.42 Å². The van der Waals surface area contributed by atoms with Gasteiger partial charge in [-0.1, -0.05) is 12.2 Å². The van der Waals surface area contributed by atoms with Gasteiger partial charge in [-0.2, -0.15) is 0 Å². The predicted molar refractivity (Wildman–Crippen MR) is 50.2 cm³/mol. The summed E-state index contributed by atoms with van der Waals surface area (Å²) in [5, 5.41) is 0. The second-order valence-electron chi connectivity index (χ2n) is 3.11. The summed E-state index contributed by atoms with van der Waals surface area (Å²) >= 11 is 0. The third-order valence-electron chi connectivity index (χ3n) is 2.03. The van der Waals surface area contributed by atoms with Crippen LogP contribution in [0.4, 0.5) is 0 Å². The van der Waals surface area contributed by atoms with Gasteiger partial charge in [0.1, 0.15) is 6.04 Å². The number of ether oxygens (including phenoxy) is 1. The number of hydrogen-bond donors (Lipinski definition) is 1. The van der Waals surface area contributed by atoms with Crippen LogP contribution >= 0.6 is 0 Å². The standard InChI is InChI=1S/C9H16N2O2/c1-13-7-8(10)9(12)11-5-3-2-4-6-11/h2-3,8H,4-7,10H2,1H3. The second-order valence-corrected chi connectivity index (χ2v) is 3.11. The SMILES string of the molecule is COCC(N)C(=O)N1CC=CCC1. The summed E-state index contributed by atoms with van der Waals surface area (Å²) in [6.45, 7) is 1.74. The zero-order valence-electron chi connectivity index (χ0n) is 7.90. The smallest absolute Gasteiger partial charge is 0.242 e. The van der Waals surface area contributed by atoms with Crippen LogP contribution in [0.3, 0.4) is 0 Å². The van der Waals surface area contributed by atoms with Gasteiger partial charge in [-0.3, -0.25) is 4.79 Å². The molecule has 1 unspecified atom stereocenters. The molecule has 1 atom stereocenters. The van der Waals surface area contributed by atoms with Crippen molar-refractivity contribution in [1.29, 1.82) is 0 Å². The summed E-state index contributed by atoms with van der Waals surface area (Å²) in [7, 11) is 1.54. The molecule has 0 aromatic heterocycles. The third-order valence-corrected chi connectivity index (χ3v) is 2.03. The van der Waals surface area contributed by atoms with E-state index in [0.717, 1.165) is 13.0 Å². The Morgan fingerprint density at radius 2 is 2.46 bits per heavy atom. The van der Waals surface area contributed by atoms with Gasteiger partial charge in [0.2, 0.25) is 5.91 Å². The largest absolute Gasteiger partial charge is 0.383 e. The van der Waals surface area contributed by atoms with Gasteiger partial charge in [0.15, 0.2) is 0 Å². The summed E-state index contributed by atoms with van der Waals surface area (Å²) in [5.74, 6) is -0.0220. The first kappa shape index (κ1) is 10.2. The maximum Gasteiger partial charge on any atom is 0.242 e. The summed E-state index contributed by atoms with van der Waals surface area (Å²) in [6, 6.07) is -0.517. The first-order valence-electron chi connectivity index (χ1n) is 4.44. The molecule has 1 amide bonds. The van der Waals surface area contributed by atoms with Gasteiger partial charge in [-0.25, -0.2) is 0 Å². The van der Waals surface area contributed by atoms with Crippen molar-refractivity contribution in [2.75, 3.05) is 26.8 Å². The van der Waals surface area contributed by atoms with E-state index in [4.69, 9.17) is 10.5 Å². The molecule has 74 valence electrons. The average molecular weight is 184 g/mol. The minimum Gasteiger partial charge on any atom is -0.383 e. The molecule has 0 fully saturated rings. The van der Waals surface area contributed by atoms with Crippen molar-refractivity contribution in [3.05, 3.63) is 12.2 Å². The molecule has 1 rings (SSSR count). The highest BCUT2D eigenvalue weighted by molar-refractivity contribution is 5.82. The van der Waals surface area contributed by atoms with Crippen molar-refractivity contribution in [2.24, 2.45) is 5.73 Å². The van der Waals surface area contributed by atoms with Crippen molar-refractivity contribution in [3.63, 3.8) is 0 Å². The molecular formula is C9H16N2O2. The van der Waals surface area contributed by atoms with Crippen LogP contribution < -0.4 is 5.73 Å². The van der Waals surface area contributed by atoms with Crippen molar-refractivity contribution in [2.45, 2.75) is 12.5 Å². The van der Waals surface area contributed by atoms with Crippen LogP contribution in [0.5, 0.6) is 0 Å². The lowest BCUT2D eigenvalue weighted by Crippen LogP contribution is -2.47. The third kappa shape index (κ3) is 2.82.